The molecule has 0 aromatic rings. The van der Waals surface area contributed by atoms with Gasteiger partial charge >= 0.3 is 0 Å². The zero-order valence-electron chi connectivity index (χ0n) is 11.0. The molecule has 5 N–H and O–H groups in total. The summed E-state index contributed by atoms with van der Waals surface area (Å²) in [6, 6.07) is 0. The van der Waals surface area contributed by atoms with Crippen LogP contribution in [0.5, 0.6) is 0 Å². The van der Waals surface area contributed by atoms with Crippen molar-refractivity contribution in [3.63, 3.8) is 0 Å². The summed E-state index contributed by atoms with van der Waals surface area (Å²) in [7, 11) is 0. The van der Waals surface area contributed by atoms with Crippen LogP contribution in [0.4, 0.5) is 0 Å². The molecule has 0 bridgehead atoms. The first-order valence-corrected chi connectivity index (χ1v) is 5.33. The van der Waals surface area contributed by atoms with E-state index in [1.54, 1.807) is 0 Å². The van der Waals surface area contributed by atoms with E-state index < -0.39 is 5.79 Å². The van der Waals surface area contributed by atoms with Crippen molar-refractivity contribution in [2.75, 3.05) is 13.2 Å². The number of ether oxygens (including phenoxy) is 2. The number of quaternary nitrogens is 1. The van der Waals surface area contributed by atoms with Gasteiger partial charge in [0.25, 0.3) is 0 Å². The van der Waals surface area contributed by atoms with E-state index >= 15 is 0 Å². The standard InChI is InChI=1S/C11H26N2O2/c1-9(2,12)7-14-11(5,6)15-8-10(3,4)13/h7-8,12-13H2,1-6H3/p+1. The second kappa shape index (κ2) is 4.78. The summed E-state index contributed by atoms with van der Waals surface area (Å²) < 4.78 is 11.3. The van der Waals surface area contributed by atoms with Gasteiger partial charge in [0.2, 0.25) is 0 Å². The van der Waals surface area contributed by atoms with Crippen molar-refractivity contribution in [1.82, 2.24) is 0 Å². The van der Waals surface area contributed by atoms with Gasteiger partial charge in [-0.15, -0.1) is 0 Å². The zero-order valence-corrected chi connectivity index (χ0v) is 11.0. The average molecular weight is 219 g/mol. The van der Waals surface area contributed by atoms with E-state index in [1.807, 2.05) is 41.5 Å². The Kier molecular flexibility index (Phi) is 4.73. The average Bonchev–Trinajstić information content (AvgIpc) is 1.96. The largest absolute Gasteiger partial charge is 0.351 e. The molecule has 0 fully saturated rings. The van der Waals surface area contributed by atoms with Crippen LogP contribution in [0.2, 0.25) is 0 Å². The summed E-state index contributed by atoms with van der Waals surface area (Å²) in [6.07, 6.45) is 0. The van der Waals surface area contributed by atoms with E-state index in [9.17, 15) is 0 Å². The molecule has 0 aliphatic heterocycles. The van der Waals surface area contributed by atoms with Crippen LogP contribution in [0.3, 0.4) is 0 Å². The minimum absolute atomic E-state index is 0.0984. The fourth-order valence-electron chi connectivity index (χ4n) is 0.771. The molecule has 0 aromatic carbocycles. The Balaban J connectivity index is 3.98. The molecule has 0 saturated carbocycles. The lowest BCUT2D eigenvalue weighted by Crippen LogP contribution is -2.71. The third-order valence-corrected chi connectivity index (χ3v) is 1.60. The number of hydrogen-bond acceptors (Lipinski definition) is 3. The fraction of sp³-hybridized carbons (Fsp3) is 1.00. The number of rotatable bonds is 6. The summed E-state index contributed by atoms with van der Waals surface area (Å²) in [4.78, 5) is 0. The van der Waals surface area contributed by atoms with Crippen molar-refractivity contribution in [1.29, 1.82) is 0 Å². The first kappa shape index (κ1) is 14.8. The maximum atomic E-state index is 5.83. The van der Waals surface area contributed by atoms with E-state index in [4.69, 9.17) is 15.2 Å². The molecule has 0 amide bonds. The van der Waals surface area contributed by atoms with Crippen molar-refractivity contribution in [3.05, 3.63) is 0 Å². The van der Waals surface area contributed by atoms with Crippen LogP contribution in [0.1, 0.15) is 41.5 Å². The predicted molar refractivity (Wildman–Crippen MR) is 61.2 cm³/mol. The van der Waals surface area contributed by atoms with Crippen LogP contribution in [-0.2, 0) is 9.47 Å². The zero-order chi connectivity index (χ0) is 12.3. The van der Waals surface area contributed by atoms with E-state index in [2.05, 4.69) is 5.73 Å². The van der Waals surface area contributed by atoms with Crippen LogP contribution in [-0.4, -0.2) is 30.1 Å². The van der Waals surface area contributed by atoms with Crippen molar-refractivity contribution in [3.8, 4) is 0 Å². The number of nitrogens with two attached hydrogens (primary N) is 1. The Morgan fingerprint density at radius 3 is 1.67 bits per heavy atom. The molecule has 0 radical (unpaired) electrons. The molecule has 15 heavy (non-hydrogen) atoms. The Labute approximate surface area is 93.3 Å². The monoisotopic (exact) mass is 219 g/mol. The SMILES string of the molecule is CC(C)(N)COC(C)(C)OCC(C)(C)[NH3+]. The molecule has 4 nitrogen and oxygen atoms in total. The predicted octanol–water partition coefficient (Wildman–Crippen LogP) is 0.514. The molecule has 4 heteroatoms. The topological polar surface area (TPSA) is 72.1 Å². The van der Waals surface area contributed by atoms with E-state index in [-0.39, 0.29) is 11.1 Å². The molecular weight excluding hydrogens is 192 g/mol. The highest BCUT2D eigenvalue weighted by Crippen LogP contribution is 2.15. The van der Waals surface area contributed by atoms with E-state index in [0.29, 0.717) is 13.2 Å². The summed E-state index contributed by atoms with van der Waals surface area (Å²) in [5.41, 5.74) is 9.38. The Hall–Kier alpha value is -0.160. The van der Waals surface area contributed by atoms with Gasteiger partial charge in [-0.1, -0.05) is 0 Å². The third kappa shape index (κ3) is 10.1. The Morgan fingerprint density at radius 2 is 1.33 bits per heavy atom. The minimum atomic E-state index is -0.606. The highest BCUT2D eigenvalue weighted by atomic mass is 16.7. The molecule has 92 valence electrons. The summed E-state index contributed by atoms with van der Waals surface area (Å²) in [6.45, 7) is 12.7. The third-order valence-electron chi connectivity index (χ3n) is 1.60. The Morgan fingerprint density at radius 1 is 0.933 bits per heavy atom. The highest BCUT2D eigenvalue weighted by Gasteiger charge is 2.26. The molecule has 0 spiro atoms. The molecule has 0 aliphatic rings. The van der Waals surface area contributed by atoms with Gasteiger partial charge in [-0.2, -0.15) is 0 Å². The minimum Gasteiger partial charge on any atom is -0.351 e. The molecule has 0 rings (SSSR count). The van der Waals surface area contributed by atoms with Crippen LogP contribution >= 0.6 is 0 Å². The first-order chi connectivity index (χ1) is 6.41. The van der Waals surface area contributed by atoms with E-state index in [0.717, 1.165) is 0 Å². The number of hydrogen-bond donors (Lipinski definition) is 2. The maximum absolute atomic E-state index is 5.83. The van der Waals surface area contributed by atoms with E-state index in [1.165, 1.54) is 0 Å². The quantitative estimate of drug-likeness (QED) is 0.639. The van der Waals surface area contributed by atoms with Gasteiger partial charge in [-0.3, -0.25) is 0 Å². The highest BCUT2D eigenvalue weighted by molar-refractivity contribution is 4.72. The maximum Gasteiger partial charge on any atom is 0.163 e. The van der Waals surface area contributed by atoms with Crippen LogP contribution in [0.15, 0.2) is 0 Å². The molecule has 0 atom stereocenters. The van der Waals surface area contributed by atoms with Gasteiger partial charge in [0.15, 0.2) is 5.79 Å². The van der Waals surface area contributed by atoms with Crippen LogP contribution in [0.25, 0.3) is 0 Å². The molecule has 0 aliphatic carbocycles. The fourth-order valence-corrected chi connectivity index (χ4v) is 0.771. The second-order valence-electron chi connectivity index (χ2n) is 6.13. The van der Waals surface area contributed by atoms with Gasteiger partial charge in [-0.25, -0.2) is 0 Å². The lowest BCUT2D eigenvalue weighted by molar-refractivity contribution is -0.478. The Bertz CT molecular complexity index is 170. The van der Waals surface area contributed by atoms with Crippen molar-refractivity contribution >= 4 is 0 Å². The van der Waals surface area contributed by atoms with Crippen LogP contribution in [0, 0.1) is 0 Å². The van der Waals surface area contributed by atoms with Gasteiger partial charge in [0.05, 0.1) is 6.61 Å². The van der Waals surface area contributed by atoms with Gasteiger partial charge < -0.3 is 20.9 Å². The van der Waals surface area contributed by atoms with Crippen LogP contribution < -0.4 is 11.5 Å². The van der Waals surface area contributed by atoms with Crippen molar-refractivity contribution < 1.29 is 15.2 Å². The van der Waals surface area contributed by atoms with Crippen molar-refractivity contribution in [2.24, 2.45) is 5.73 Å². The van der Waals surface area contributed by atoms with Gasteiger partial charge in [0.1, 0.15) is 12.1 Å². The first-order valence-electron chi connectivity index (χ1n) is 5.33. The molecule has 0 aromatic heterocycles. The normalized spacial score (nSPS) is 14.4. The molecule has 0 saturated heterocycles. The van der Waals surface area contributed by atoms with Crippen molar-refractivity contribution in [2.45, 2.75) is 58.4 Å². The molecular formula is C11H27N2O2+. The smallest absolute Gasteiger partial charge is 0.163 e. The lowest BCUT2D eigenvalue weighted by Gasteiger charge is -2.31. The lowest BCUT2D eigenvalue weighted by atomic mass is 10.1. The van der Waals surface area contributed by atoms with Gasteiger partial charge in [-0.05, 0) is 41.5 Å². The second-order valence-corrected chi connectivity index (χ2v) is 6.13. The summed E-state index contributed by atoms with van der Waals surface area (Å²) >= 11 is 0. The summed E-state index contributed by atoms with van der Waals surface area (Å²) in [5, 5.41) is 0. The molecule has 0 heterocycles. The summed E-state index contributed by atoms with van der Waals surface area (Å²) in [5.74, 6) is -0.606. The molecule has 0 unspecified atom stereocenters. The van der Waals surface area contributed by atoms with Gasteiger partial charge in [0, 0.05) is 5.54 Å².